The summed E-state index contributed by atoms with van der Waals surface area (Å²) in [6, 6.07) is 0. The molecule has 2 N–H and O–H groups in total. The van der Waals surface area contributed by atoms with Gasteiger partial charge < -0.3 is 10.2 Å². The molecule has 4 aliphatic rings. The lowest BCUT2D eigenvalue weighted by molar-refractivity contribution is -0.124. The first-order valence-electron chi connectivity index (χ1n) is 12.7. The lowest BCUT2D eigenvalue weighted by atomic mass is 9.47. The van der Waals surface area contributed by atoms with Crippen molar-refractivity contribution in [3.05, 3.63) is 11.6 Å². The van der Waals surface area contributed by atoms with E-state index in [1.807, 2.05) is 0 Å². The Labute approximate surface area is 179 Å². The van der Waals surface area contributed by atoms with E-state index in [1.54, 1.807) is 5.57 Å². The van der Waals surface area contributed by atoms with Crippen LogP contribution in [0.2, 0.25) is 0 Å². The highest BCUT2D eigenvalue weighted by Gasteiger charge is 2.59. The molecule has 0 aliphatic heterocycles. The van der Waals surface area contributed by atoms with E-state index in [2.05, 4.69) is 40.7 Å². The zero-order valence-corrected chi connectivity index (χ0v) is 19.7. The van der Waals surface area contributed by atoms with Gasteiger partial charge in [-0.1, -0.05) is 65.5 Å². The van der Waals surface area contributed by atoms with Crippen molar-refractivity contribution in [2.45, 2.75) is 111 Å². The van der Waals surface area contributed by atoms with Gasteiger partial charge in [-0.15, -0.1) is 0 Å². The molecule has 2 heteroatoms. The largest absolute Gasteiger partial charge is 0.390 e. The second-order valence-corrected chi connectivity index (χ2v) is 12.3. The van der Waals surface area contributed by atoms with Crippen molar-refractivity contribution in [2.24, 2.45) is 46.3 Å². The van der Waals surface area contributed by atoms with Crippen molar-refractivity contribution in [2.75, 3.05) is 0 Å². The van der Waals surface area contributed by atoms with E-state index >= 15 is 0 Å². The molecule has 29 heavy (non-hydrogen) atoms. The molecule has 0 spiro atoms. The minimum Gasteiger partial charge on any atom is -0.390 e. The summed E-state index contributed by atoms with van der Waals surface area (Å²) >= 11 is 0. The van der Waals surface area contributed by atoms with Gasteiger partial charge in [0.1, 0.15) is 0 Å². The first-order chi connectivity index (χ1) is 13.7. The van der Waals surface area contributed by atoms with E-state index in [1.165, 1.54) is 44.9 Å². The van der Waals surface area contributed by atoms with Crippen LogP contribution in [-0.2, 0) is 0 Å². The molecule has 0 aromatic rings. The SMILES string of the molecule is CC(C)CCC[C@@H](C)[C@H]1CC[C@H]2C3=CCC4[C@H](O)[C@@H](O)CC[C@]4(C)[C@H]3CC[C@]12C. The molecule has 166 valence electrons. The van der Waals surface area contributed by atoms with E-state index in [4.69, 9.17) is 0 Å². The molecular formula is C27H46O2. The van der Waals surface area contributed by atoms with Gasteiger partial charge in [0, 0.05) is 0 Å². The van der Waals surface area contributed by atoms with Gasteiger partial charge in [0.2, 0.25) is 0 Å². The maximum Gasteiger partial charge on any atom is 0.0835 e. The van der Waals surface area contributed by atoms with Crippen molar-refractivity contribution in [3.8, 4) is 0 Å². The van der Waals surface area contributed by atoms with Gasteiger partial charge in [-0.2, -0.15) is 0 Å². The van der Waals surface area contributed by atoms with E-state index in [0.29, 0.717) is 11.3 Å². The molecular weight excluding hydrogens is 356 g/mol. The van der Waals surface area contributed by atoms with Crippen LogP contribution >= 0.6 is 0 Å². The standard InChI is InChI=1S/C27H46O2/c1-17(2)7-6-8-18(3)20-11-12-21-19-9-10-23-25(29)24(28)14-16-27(23,5)22(19)13-15-26(20,21)4/h9,17-18,20-25,28-29H,6-8,10-16H2,1-5H3/t18-,20-,21+,22+,23?,24+,25+,26-,27-/m1/s1. The van der Waals surface area contributed by atoms with Crippen LogP contribution in [0.5, 0.6) is 0 Å². The summed E-state index contributed by atoms with van der Waals surface area (Å²) in [4.78, 5) is 0. The molecule has 9 atom stereocenters. The number of aliphatic hydroxyl groups excluding tert-OH is 2. The summed E-state index contributed by atoms with van der Waals surface area (Å²) in [6.45, 7) is 12.3. The summed E-state index contributed by atoms with van der Waals surface area (Å²) in [5, 5.41) is 21.0. The van der Waals surface area contributed by atoms with Crippen LogP contribution in [0.4, 0.5) is 0 Å². The van der Waals surface area contributed by atoms with Crippen molar-refractivity contribution in [1.29, 1.82) is 0 Å². The molecule has 0 radical (unpaired) electrons. The van der Waals surface area contributed by atoms with Crippen molar-refractivity contribution < 1.29 is 10.2 Å². The second-order valence-electron chi connectivity index (χ2n) is 12.3. The van der Waals surface area contributed by atoms with Gasteiger partial charge in [-0.05, 0) is 91.3 Å². The van der Waals surface area contributed by atoms with Gasteiger partial charge in [0.25, 0.3) is 0 Å². The van der Waals surface area contributed by atoms with E-state index in [-0.39, 0.29) is 11.3 Å². The molecule has 0 aromatic carbocycles. The van der Waals surface area contributed by atoms with Gasteiger partial charge in [-0.25, -0.2) is 0 Å². The molecule has 1 unspecified atom stereocenters. The highest BCUT2D eigenvalue weighted by atomic mass is 16.3. The fraction of sp³-hybridized carbons (Fsp3) is 0.926. The molecule has 0 amide bonds. The zero-order chi connectivity index (χ0) is 21.0. The van der Waals surface area contributed by atoms with E-state index in [0.717, 1.165) is 42.9 Å². The number of hydrogen-bond acceptors (Lipinski definition) is 2. The summed E-state index contributed by atoms with van der Waals surface area (Å²) in [6.07, 6.45) is 13.9. The molecule has 0 heterocycles. The number of allylic oxidation sites excluding steroid dienone is 2. The maximum atomic E-state index is 10.7. The molecule has 4 aliphatic carbocycles. The summed E-state index contributed by atoms with van der Waals surface area (Å²) in [5.74, 6) is 4.20. The smallest absolute Gasteiger partial charge is 0.0835 e. The molecule has 4 rings (SSSR count). The number of hydrogen-bond donors (Lipinski definition) is 2. The van der Waals surface area contributed by atoms with Crippen LogP contribution in [-0.4, -0.2) is 22.4 Å². The fourth-order valence-corrected chi connectivity index (χ4v) is 8.59. The summed E-state index contributed by atoms with van der Waals surface area (Å²) in [7, 11) is 0. The topological polar surface area (TPSA) is 40.5 Å². The van der Waals surface area contributed by atoms with Crippen LogP contribution in [0.3, 0.4) is 0 Å². The average Bonchev–Trinajstić information content (AvgIpc) is 3.02. The van der Waals surface area contributed by atoms with Crippen LogP contribution in [0, 0.1) is 46.3 Å². The minimum absolute atomic E-state index is 0.186. The Kier molecular flexibility index (Phi) is 6.01. The van der Waals surface area contributed by atoms with Crippen LogP contribution in [0.15, 0.2) is 11.6 Å². The first kappa shape index (κ1) is 21.9. The predicted octanol–water partition coefficient (Wildman–Crippen LogP) is 6.36. The number of aliphatic hydroxyl groups is 2. The Balaban J connectivity index is 1.52. The van der Waals surface area contributed by atoms with Crippen molar-refractivity contribution >= 4 is 0 Å². The first-order valence-corrected chi connectivity index (χ1v) is 12.7. The summed E-state index contributed by atoms with van der Waals surface area (Å²) in [5.41, 5.74) is 2.43. The Hall–Kier alpha value is -0.340. The zero-order valence-electron chi connectivity index (χ0n) is 19.7. The van der Waals surface area contributed by atoms with E-state index < -0.39 is 12.2 Å². The predicted molar refractivity (Wildman–Crippen MR) is 120 cm³/mol. The van der Waals surface area contributed by atoms with Gasteiger partial charge in [-0.3, -0.25) is 0 Å². The van der Waals surface area contributed by atoms with Gasteiger partial charge in [0.15, 0.2) is 0 Å². The van der Waals surface area contributed by atoms with Crippen LogP contribution in [0.25, 0.3) is 0 Å². The molecule has 3 fully saturated rings. The quantitative estimate of drug-likeness (QED) is 0.525. The third kappa shape index (κ3) is 3.55. The van der Waals surface area contributed by atoms with Gasteiger partial charge >= 0.3 is 0 Å². The summed E-state index contributed by atoms with van der Waals surface area (Å²) < 4.78 is 0. The lowest BCUT2D eigenvalue weighted by Gasteiger charge is -2.58. The third-order valence-corrected chi connectivity index (χ3v) is 10.3. The Morgan fingerprint density at radius 3 is 2.34 bits per heavy atom. The second kappa shape index (κ2) is 7.97. The van der Waals surface area contributed by atoms with Crippen LogP contribution in [0.1, 0.15) is 98.8 Å². The van der Waals surface area contributed by atoms with Crippen molar-refractivity contribution in [1.82, 2.24) is 0 Å². The Morgan fingerprint density at radius 1 is 0.931 bits per heavy atom. The Morgan fingerprint density at radius 2 is 1.62 bits per heavy atom. The molecule has 0 bridgehead atoms. The molecule has 0 saturated heterocycles. The number of rotatable bonds is 5. The fourth-order valence-electron chi connectivity index (χ4n) is 8.59. The highest BCUT2D eigenvalue weighted by Crippen LogP contribution is 2.66. The van der Waals surface area contributed by atoms with Crippen LogP contribution < -0.4 is 0 Å². The van der Waals surface area contributed by atoms with Gasteiger partial charge in [0.05, 0.1) is 12.2 Å². The lowest BCUT2D eigenvalue weighted by Crippen LogP contribution is -2.55. The molecule has 3 saturated carbocycles. The third-order valence-electron chi connectivity index (χ3n) is 10.3. The maximum absolute atomic E-state index is 10.7. The average molecular weight is 403 g/mol. The van der Waals surface area contributed by atoms with Crippen molar-refractivity contribution in [3.63, 3.8) is 0 Å². The Bertz CT molecular complexity index is 624. The molecule has 0 aromatic heterocycles. The highest BCUT2D eigenvalue weighted by molar-refractivity contribution is 5.28. The van der Waals surface area contributed by atoms with E-state index in [9.17, 15) is 10.2 Å². The molecule has 2 nitrogen and oxygen atoms in total. The normalized spacial score (nSPS) is 47.9. The number of fused-ring (bicyclic) bond motifs is 5. The monoisotopic (exact) mass is 402 g/mol. The minimum atomic E-state index is -0.530.